The Kier molecular flexibility index (Phi) is 6.46. The van der Waals surface area contributed by atoms with Crippen molar-refractivity contribution in [2.45, 2.75) is 76.3 Å². The Bertz CT molecular complexity index is 573. The van der Waals surface area contributed by atoms with Crippen LogP contribution in [-0.2, 0) is 30.2 Å². The van der Waals surface area contributed by atoms with Crippen LogP contribution in [0.1, 0.15) is 45.1 Å². The van der Waals surface area contributed by atoms with E-state index in [0.717, 1.165) is 32.0 Å². The molecule has 2 aliphatic rings. The van der Waals surface area contributed by atoms with Gasteiger partial charge < -0.3 is 23.7 Å². The second-order valence-corrected chi connectivity index (χ2v) is 7.73. The van der Waals surface area contributed by atoms with E-state index in [9.17, 15) is 4.79 Å². The van der Waals surface area contributed by atoms with Crippen LogP contribution in [0, 0.1) is 5.92 Å². The van der Waals surface area contributed by atoms with Crippen LogP contribution < -0.4 is 0 Å². The highest BCUT2D eigenvalue weighted by Gasteiger charge is 2.55. The summed E-state index contributed by atoms with van der Waals surface area (Å²) in [4.78, 5) is 11.2. The lowest BCUT2D eigenvalue weighted by atomic mass is 9.90. The number of hydrogen-bond acceptors (Lipinski definition) is 5. The number of methoxy groups -OCH3 is 1. The molecule has 5 atom stereocenters. The molecule has 26 heavy (non-hydrogen) atoms. The Hall–Kier alpha value is -1.27. The van der Waals surface area contributed by atoms with Gasteiger partial charge in [-0.15, -0.1) is 0 Å². The van der Waals surface area contributed by atoms with Crippen LogP contribution in [0.3, 0.4) is 0 Å². The van der Waals surface area contributed by atoms with E-state index in [1.165, 1.54) is 5.56 Å². The maximum atomic E-state index is 11.2. The van der Waals surface area contributed by atoms with Crippen molar-refractivity contribution in [2.24, 2.45) is 5.92 Å². The molecule has 1 aromatic carbocycles. The zero-order valence-corrected chi connectivity index (χ0v) is 15.9. The molecule has 5 heteroatoms. The molecule has 2 fully saturated rings. The smallest absolute Gasteiger partial charge is 0.186 e. The summed E-state index contributed by atoms with van der Waals surface area (Å²) in [6.07, 6.45) is 4.57. The van der Waals surface area contributed by atoms with E-state index < -0.39 is 12.1 Å². The van der Waals surface area contributed by atoms with Gasteiger partial charge in [0.05, 0.1) is 6.10 Å². The molecule has 2 aliphatic heterocycles. The van der Waals surface area contributed by atoms with Gasteiger partial charge >= 0.3 is 0 Å². The van der Waals surface area contributed by atoms with E-state index >= 15 is 0 Å². The fraction of sp³-hybridized carbons (Fsp3) is 0.667. The van der Waals surface area contributed by atoms with E-state index in [1.54, 1.807) is 7.11 Å². The van der Waals surface area contributed by atoms with Crippen molar-refractivity contribution in [1.29, 1.82) is 0 Å². The molecule has 0 radical (unpaired) electrons. The van der Waals surface area contributed by atoms with Gasteiger partial charge in [-0.1, -0.05) is 30.3 Å². The molecule has 2 heterocycles. The van der Waals surface area contributed by atoms with E-state index in [4.69, 9.17) is 18.9 Å². The maximum absolute atomic E-state index is 11.2. The number of ether oxygens (including phenoxy) is 4. The number of hydrogen-bond donors (Lipinski definition) is 0. The molecule has 1 aromatic rings. The van der Waals surface area contributed by atoms with Crippen LogP contribution in [0.25, 0.3) is 0 Å². The molecule has 1 unspecified atom stereocenters. The summed E-state index contributed by atoms with van der Waals surface area (Å²) in [6, 6.07) is 10.5. The first kappa shape index (κ1) is 19.5. The van der Waals surface area contributed by atoms with Gasteiger partial charge in [0.25, 0.3) is 0 Å². The number of aldehydes is 1. The molecule has 144 valence electrons. The number of carbonyl (C=O) groups excluding carboxylic acids is 1. The van der Waals surface area contributed by atoms with Gasteiger partial charge in [-0.2, -0.15) is 0 Å². The molecule has 3 rings (SSSR count). The third-order valence-corrected chi connectivity index (χ3v) is 5.26. The second-order valence-electron chi connectivity index (χ2n) is 7.73. The molecule has 0 N–H and O–H groups in total. The van der Waals surface area contributed by atoms with Gasteiger partial charge in [-0.05, 0) is 51.0 Å². The molecule has 0 amide bonds. The predicted molar refractivity (Wildman–Crippen MR) is 97.7 cm³/mol. The van der Waals surface area contributed by atoms with E-state index in [0.29, 0.717) is 6.42 Å². The van der Waals surface area contributed by atoms with Crippen molar-refractivity contribution in [2.75, 3.05) is 7.11 Å². The van der Waals surface area contributed by atoms with E-state index in [1.807, 2.05) is 19.9 Å². The normalized spacial score (nSPS) is 30.9. The molecule has 5 nitrogen and oxygen atoms in total. The molecule has 2 saturated heterocycles. The molecular formula is C21H30O5. The molecular weight excluding hydrogens is 332 g/mol. The van der Waals surface area contributed by atoms with Crippen molar-refractivity contribution in [1.82, 2.24) is 0 Å². The van der Waals surface area contributed by atoms with Gasteiger partial charge in [-0.3, -0.25) is 0 Å². The Morgan fingerprint density at radius 3 is 2.62 bits per heavy atom. The number of fused-ring (bicyclic) bond motifs is 1. The molecule has 0 bridgehead atoms. The summed E-state index contributed by atoms with van der Waals surface area (Å²) in [5, 5.41) is 0. The quantitative estimate of drug-likeness (QED) is 0.630. The summed E-state index contributed by atoms with van der Waals surface area (Å²) < 4.78 is 23.5. The Labute approximate surface area is 156 Å². The summed E-state index contributed by atoms with van der Waals surface area (Å²) in [5.74, 6) is -0.341. The van der Waals surface area contributed by atoms with E-state index in [2.05, 4.69) is 24.3 Å². The van der Waals surface area contributed by atoms with Gasteiger partial charge in [0.1, 0.15) is 18.5 Å². The monoisotopic (exact) mass is 362 g/mol. The number of rotatable bonds is 9. The first-order valence-corrected chi connectivity index (χ1v) is 9.54. The molecule has 0 saturated carbocycles. The average Bonchev–Trinajstić information content (AvgIpc) is 3.09. The average molecular weight is 362 g/mol. The Morgan fingerprint density at radius 2 is 1.92 bits per heavy atom. The minimum absolute atomic E-state index is 0.103. The van der Waals surface area contributed by atoms with Crippen LogP contribution in [0.5, 0.6) is 0 Å². The summed E-state index contributed by atoms with van der Waals surface area (Å²) in [6.45, 7) is 3.83. The standard InChI is InChI=1S/C21H30O5/c1-21(2)25-18-17(24-20(23-3)19(18)26-21)14-16(12-13-22)11-7-10-15-8-5-4-6-9-15/h4-6,8-9,13,16-20H,7,10-12,14H2,1-3H3/t16-,17+,18-,19?,20+/m0/s1. The largest absolute Gasteiger partial charge is 0.353 e. The Morgan fingerprint density at radius 1 is 1.19 bits per heavy atom. The number of carbonyl (C=O) groups is 1. The fourth-order valence-corrected chi connectivity index (χ4v) is 4.06. The minimum atomic E-state index is -0.623. The van der Waals surface area contributed by atoms with Crippen LogP contribution in [0.4, 0.5) is 0 Å². The second kappa shape index (κ2) is 8.61. The highest BCUT2D eigenvalue weighted by atomic mass is 16.8. The fourth-order valence-electron chi connectivity index (χ4n) is 4.06. The van der Waals surface area contributed by atoms with Crippen molar-refractivity contribution in [3.8, 4) is 0 Å². The van der Waals surface area contributed by atoms with Crippen molar-refractivity contribution in [3.63, 3.8) is 0 Å². The number of aryl methyl sites for hydroxylation is 1. The van der Waals surface area contributed by atoms with Crippen molar-refractivity contribution in [3.05, 3.63) is 35.9 Å². The van der Waals surface area contributed by atoms with Crippen LogP contribution in [-0.4, -0.2) is 43.8 Å². The SMILES string of the molecule is CO[C@@H]1O[C@H](C[C@H](CC=O)CCCc2ccccc2)[C@@H]2OC(C)(C)OC12. The lowest BCUT2D eigenvalue weighted by molar-refractivity contribution is -0.228. The van der Waals surface area contributed by atoms with Crippen molar-refractivity contribution < 1.29 is 23.7 Å². The topological polar surface area (TPSA) is 54.0 Å². The third kappa shape index (κ3) is 4.71. The van der Waals surface area contributed by atoms with Crippen LogP contribution in [0.15, 0.2) is 30.3 Å². The third-order valence-electron chi connectivity index (χ3n) is 5.26. The maximum Gasteiger partial charge on any atom is 0.186 e. The first-order chi connectivity index (χ1) is 12.5. The zero-order chi connectivity index (χ0) is 18.6. The van der Waals surface area contributed by atoms with Crippen LogP contribution >= 0.6 is 0 Å². The molecule has 0 spiro atoms. The lowest BCUT2D eigenvalue weighted by Crippen LogP contribution is -2.31. The summed E-state index contributed by atoms with van der Waals surface area (Å²) >= 11 is 0. The summed E-state index contributed by atoms with van der Waals surface area (Å²) in [7, 11) is 1.63. The zero-order valence-electron chi connectivity index (χ0n) is 15.9. The van der Waals surface area contributed by atoms with Gasteiger partial charge in [0.2, 0.25) is 0 Å². The van der Waals surface area contributed by atoms with Gasteiger partial charge in [0, 0.05) is 13.5 Å². The molecule has 0 aliphatic carbocycles. The van der Waals surface area contributed by atoms with Crippen LogP contribution in [0.2, 0.25) is 0 Å². The first-order valence-electron chi connectivity index (χ1n) is 9.54. The summed E-state index contributed by atoms with van der Waals surface area (Å²) in [5.41, 5.74) is 1.34. The van der Waals surface area contributed by atoms with E-state index in [-0.39, 0.29) is 24.2 Å². The molecule has 0 aromatic heterocycles. The highest BCUT2D eigenvalue weighted by molar-refractivity contribution is 5.49. The minimum Gasteiger partial charge on any atom is -0.353 e. The lowest BCUT2D eigenvalue weighted by Gasteiger charge is -2.25. The van der Waals surface area contributed by atoms with Crippen molar-refractivity contribution >= 4 is 6.29 Å². The highest BCUT2D eigenvalue weighted by Crippen LogP contribution is 2.41. The predicted octanol–water partition coefficient (Wildman–Crippen LogP) is 3.50. The Balaban J connectivity index is 1.56. The van der Waals surface area contributed by atoms with Gasteiger partial charge in [0.15, 0.2) is 12.1 Å². The van der Waals surface area contributed by atoms with Gasteiger partial charge in [-0.25, -0.2) is 0 Å². The number of benzene rings is 1.